The van der Waals surface area contributed by atoms with Crippen molar-refractivity contribution >= 4 is 17.5 Å². The van der Waals surface area contributed by atoms with Crippen molar-refractivity contribution in [1.82, 2.24) is 9.47 Å². The number of hydrogen-bond acceptors (Lipinski definition) is 5. The van der Waals surface area contributed by atoms with E-state index in [2.05, 4.69) is 5.32 Å². The molecule has 0 radical (unpaired) electrons. The number of benzene rings is 1. The summed E-state index contributed by atoms with van der Waals surface area (Å²) in [4.78, 5) is 28.0. The number of nitrogens with one attached hydrogen (secondary N) is 1. The number of hydrogen-bond donors (Lipinski definition) is 1. The molecule has 3 aromatic rings. The van der Waals surface area contributed by atoms with E-state index in [1.165, 1.54) is 14.2 Å². The highest BCUT2D eigenvalue weighted by Crippen LogP contribution is 2.39. The summed E-state index contributed by atoms with van der Waals surface area (Å²) in [5.41, 5.74) is 1.25. The summed E-state index contributed by atoms with van der Waals surface area (Å²) in [6.45, 7) is 0.629. The molecule has 0 spiro atoms. The second-order valence-corrected chi connectivity index (χ2v) is 7.39. The lowest BCUT2D eigenvalue weighted by atomic mass is 10.1. The second-order valence-electron chi connectivity index (χ2n) is 7.39. The Morgan fingerprint density at radius 3 is 2.65 bits per heavy atom. The molecule has 1 aliphatic heterocycles. The molecule has 2 aromatic heterocycles. The van der Waals surface area contributed by atoms with E-state index in [-0.39, 0.29) is 17.9 Å². The Kier molecular flexibility index (Phi) is 5.70. The molecule has 31 heavy (non-hydrogen) atoms. The fraction of sp³-hybridized carbons (Fsp3) is 0.304. The van der Waals surface area contributed by atoms with Crippen LogP contribution in [0.4, 0.5) is 5.69 Å². The van der Waals surface area contributed by atoms with Gasteiger partial charge in [-0.3, -0.25) is 9.59 Å². The lowest BCUT2D eigenvalue weighted by Gasteiger charge is -2.24. The fourth-order valence-corrected chi connectivity index (χ4v) is 4.02. The Morgan fingerprint density at radius 1 is 1.16 bits per heavy atom. The number of anilines is 1. The van der Waals surface area contributed by atoms with Gasteiger partial charge >= 0.3 is 0 Å². The topological polar surface area (TPSA) is 85.9 Å². The Balaban J connectivity index is 1.68. The predicted octanol–water partition coefficient (Wildman–Crippen LogP) is 3.86. The number of carbonyl (C=O) groups excluding carboxylic acids is 2. The average molecular weight is 423 g/mol. The maximum absolute atomic E-state index is 13.4. The molecule has 162 valence electrons. The van der Waals surface area contributed by atoms with Crippen molar-refractivity contribution in [3.63, 3.8) is 0 Å². The third-order valence-electron chi connectivity index (χ3n) is 5.54. The number of carbonyl (C=O) groups is 2. The summed E-state index contributed by atoms with van der Waals surface area (Å²) < 4.78 is 18.2. The van der Waals surface area contributed by atoms with Crippen LogP contribution in [0.3, 0.4) is 0 Å². The van der Waals surface area contributed by atoms with E-state index in [4.69, 9.17) is 13.9 Å². The van der Waals surface area contributed by atoms with Gasteiger partial charge in [0.2, 0.25) is 0 Å². The highest BCUT2D eigenvalue weighted by molar-refractivity contribution is 6.05. The molecule has 1 saturated heterocycles. The van der Waals surface area contributed by atoms with Crippen LogP contribution in [-0.4, -0.2) is 42.0 Å². The first-order chi connectivity index (χ1) is 15.0. The number of amides is 2. The van der Waals surface area contributed by atoms with Gasteiger partial charge < -0.3 is 28.7 Å². The summed E-state index contributed by atoms with van der Waals surface area (Å²) in [7, 11) is 4.77. The zero-order valence-electron chi connectivity index (χ0n) is 17.8. The Labute approximate surface area is 180 Å². The van der Waals surface area contributed by atoms with Crippen molar-refractivity contribution in [3.05, 3.63) is 65.9 Å². The first-order valence-electron chi connectivity index (χ1n) is 10.1. The van der Waals surface area contributed by atoms with Gasteiger partial charge in [0.25, 0.3) is 11.8 Å². The summed E-state index contributed by atoms with van der Waals surface area (Å²) in [5, 5.41) is 2.85. The van der Waals surface area contributed by atoms with Gasteiger partial charge in [0.15, 0.2) is 11.5 Å². The molecule has 1 fully saturated rings. The van der Waals surface area contributed by atoms with E-state index < -0.39 is 0 Å². The fourth-order valence-electron chi connectivity index (χ4n) is 4.02. The molecule has 0 aliphatic carbocycles. The van der Waals surface area contributed by atoms with Crippen molar-refractivity contribution in [2.45, 2.75) is 18.9 Å². The van der Waals surface area contributed by atoms with E-state index in [9.17, 15) is 9.59 Å². The second kappa shape index (κ2) is 8.59. The van der Waals surface area contributed by atoms with Crippen molar-refractivity contribution in [3.8, 4) is 11.5 Å². The van der Waals surface area contributed by atoms with Gasteiger partial charge in [-0.25, -0.2) is 0 Å². The Hall–Kier alpha value is -3.68. The molecule has 8 nitrogen and oxygen atoms in total. The van der Waals surface area contributed by atoms with E-state index in [1.54, 1.807) is 53.2 Å². The zero-order chi connectivity index (χ0) is 22.0. The standard InChI is InChI=1S/C23H25N3O5/c1-25-10-4-8-18(25)22(27)24-16-13-15(14-20(29-2)21(16)30-3)23(28)26-11-5-7-17(26)19-9-6-12-31-19/h4,6,8-10,12-14,17H,5,7,11H2,1-3H3,(H,24,27). The summed E-state index contributed by atoms with van der Waals surface area (Å²) >= 11 is 0. The lowest BCUT2D eigenvalue weighted by Crippen LogP contribution is -2.30. The maximum atomic E-state index is 13.4. The normalized spacial score (nSPS) is 15.7. The number of nitrogens with zero attached hydrogens (tertiary/aromatic N) is 2. The maximum Gasteiger partial charge on any atom is 0.272 e. The minimum Gasteiger partial charge on any atom is -0.493 e. The minimum atomic E-state index is -0.313. The first kappa shape index (κ1) is 20.6. The van der Waals surface area contributed by atoms with Crippen LogP contribution in [-0.2, 0) is 7.05 Å². The van der Waals surface area contributed by atoms with E-state index in [1.807, 2.05) is 12.1 Å². The van der Waals surface area contributed by atoms with Gasteiger partial charge in [-0.1, -0.05) is 0 Å². The Bertz CT molecular complexity index is 1090. The molecular weight excluding hydrogens is 398 g/mol. The van der Waals surface area contributed by atoms with E-state index in [0.29, 0.717) is 35.0 Å². The molecule has 1 atom stereocenters. The van der Waals surface area contributed by atoms with Crippen LogP contribution in [0.2, 0.25) is 0 Å². The average Bonchev–Trinajstić information content (AvgIpc) is 3.53. The molecule has 4 rings (SSSR count). The molecular formula is C23H25N3O5. The van der Waals surface area contributed by atoms with Gasteiger partial charge in [-0.15, -0.1) is 0 Å². The quantitative estimate of drug-likeness (QED) is 0.651. The highest BCUT2D eigenvalue weighted by atomic mass is 16.5. The SMILES string of the molecule is COc1cc(C(=O)N2CCCC2c2ccco2)cc(NC(=O)c2cccn2C)c1OC. The highest BCUT2D eigenvalue weighted by Gasteiger charge is 2.33. The summed E-state index contributed by atoms with van der Waals surface area (Å²) in [6, 6.07) is 10.4. The molecule has 2 amide bonds. The van der Waals surface area contributed by atoms with Crippen LogP contribution < -0.4 is 14.8 Å². The lowest BCUT2D eigenvalue weighted by molar-refractivity contribution is 0.0719. The monoisotopic (exact) mass is 423 g/mol. The molecule has 1 N–H and O–H groups in total. The van der Waals surface area contributed by atoms with Crippen LogP contribution in [0.1, 0.15) is 45.5 Å². The number of aryl methyl sites for hydroxylation is 1. The number of ether oxygens (including phenoxy) is 2. The molecule has 8 heteroatoms. The van der Waals surface area contributed by atoms with E-state index in [0.717, 1.165) is 18.6 Å². The zero-order valence-corrected chi connectivity index (χ0v) is 17.8. The third kappa shape index (κ3) is 3.88. The van der Waals surface area contributed by atoms with Crippen LogP contribution in [0.15, 0.2) is 53.3 Å². The van der Waals surface area contributed by atoms with Crippen LogP contribution in [0.25, 0.3) is 0 Å². The minimum absolute atomic E-state index is 0.114. The van der Waals surface area contributed by atoms with Crippen molar-refractivity contribution in [1.29, 1.82) is 0 Å². The van der Waals surface area contributed by atoms with Crippen LogP contribution in [0, 0.1) is 0 Å². The van der Waals surface area contributed by atoms with Gasteiger partial charge in [0.05, 0.1) is 32.2 Å². The van der Waals surface area contributed by atoms with Crippen LogP contribution in [0.5, 0.6) is 11.5 Å². The molecule has 1 aromatic carbocycles. The number of likely N-dealkylation sites (tertiary alicyclic amines) is 1. The number of furan rings is 1. The summed E-state index contributed by atoms with van der Waals surface area (Å²) in [5.74, 6) is 1.01. The first-order valence-corrected chi connectivity index (χ1v) is 10.1. The van der Waals surface area contributed by atoms with Gasteiger partial charge in [-0.2, -0.15) is 0 Å². The smallest absolute Gasteiger partial charge is 0.272 e. The van der Waals surface area contributed by atoms with Crippen LogP contribution >= 0.6 is 0 Å². The molecule has 3 heterocycles. The Morgan fingerprint density at radius 2 is 2.00 bits per heavy atom. The third-order valence-corrected chi connectivity index (χ3v) is 5.54. The van der Waals surface area contributed by atoms with E-state index >= 15 is 0 Å². The number of rotatable bonds is 6. The predicted molar refractivity (Wildman–Crippen MR) is 115 cm³/mol. The van der Waals surface area contributed by atoms with Gasteiger partial charge in [0.1, 0.15) is 11.5 Å². The van der Waals surface area contributed by atoms with Crippen molar-refractivity contribution in [2.75, 3.05) is 26.1 Å². The van der Waals surface area contributed by atoms with Gasteiger partial charge in [-0.05, 0) is 49.2 Å². The number of methoxy groups -OCH3 is 2. The molecule has 0 saturated carbocycles. The summed E-state index contributed by atoms with van der Waals surface area (Å²) in [6.07, 6.45) is 5.13. The molecule has 1 aliphatic rings. The van der Waals surface area contributed by atoms with Crippen molar-refractivity contribution < 1.29 is 23.5 Å². The van der Waals surface area contributed by atoms with Gasteiger partial charge in [0, 0.05) is 25.4 Å². The van der Waals surface area contributed by atoms with Crippen molar-refractivity contribution in [2.24, 2.45) is 7.05 Å². The largest absolute Gasteiger partial charge is 0.493 e. The molecule has 1 unspecified atom stereocenters. The number of aromatic nitrogens is 1. The molecule has 0 bridgehead atoms.